The summed E-state index contributed by atoms with van der Waals surface area (Å²) in [4.78, 5) is 24.9. The van der Waals surface area contributed by atoms with Gasteiger partial charge < -0.3 is 15.2 Å². The van der Waals surface area contributed by atoms with Crippen molar-refractivity contribution in [3.63, 3.8) is 0 Å². The van der Waals surface area contributed by atoms with Gasteiger partial charge in [0.15, 0.2) is 0 Å². The van der Waals surface area contributed by atoms with Gasteiger partial charge in [-0.2, -0.15) is 0 Å². The van der Waals surface area contributed by atoms with Crippen molar-refractivity contribution in [3.8, 4) is 5.75 Å². The maximum Gasteiger partial charge on any atom is 0.315 e. The van der Waals surface area contributed by atoms with Gasteiger partial charge >= 0.3 is 5.97 Å². The standard InChI is InChI=1S/C23H20N4O3/c1-30-19-9-7-15(8-10-19)21-13-17(22(28)29)14-25-23(27-21)26-18-5-2-6-20-16(12-18)4-3-11-24-20/h2-4,6-14,17H,5H2,1H3,(H,26,27)(H,28,29). The first-order valence-electron chi connectivity index (χ1n) is 9.43. The highest BCUT2D eigenvalue weighted by atomic mass is 16.5. The fourth-order valence-corrected chi connectivity index (χ4v) is 3.13. The zero-order valence-electron chi connectivity index (χ0n) is 16.3. The van der Waals surface area contributed by atoms with E-state index in [2.05, 4.69) is 20.3 Å². The summed E-state index contributed by atoms with van der Waals surface area (Å²) in [5, 5.41) is 12.7. The Balaban J connectivity index is 1.66. The van der Waals surface area contributed by atoms with E-state index in [1.54, 1.807) is 19.4 Å². The molecule has 0 bridgehead atoms. The molecule has 1 unspecified atom stereocenters. The lowest BCUT2D eigenvalue weighted by atomic mass is 10.1. The molecule has 1 aromatic heterocycles. The van der Waals surface area contributed by atoms with Gasteiger partial charge in [-0.1, -0.05) is 12.1 Å². The zero-order chi connectivity index (χ0) is 20.9. The second-order valence-electron chi connectivity index (χ2n) is 6.74. The number of hydrogen-bond acceptors (Lipinski definition) is 6. The average molecular weight is 400 g/mol. The molecule has 1 aliphatic heterocycles. The van der Waals surface area contributed by atoms with Crippen LogP contribution in [-0.4, -0.2) is 35.3 Å². The van der Waals surface area contributed by atoms with E-state index in [0.717, 1.165) is 22.5 Å². The fraction of sp³-hybridized carbons (Fsp3) is 0.130. The first-order chi connectivity index (χ1) is 14.6. The molecule has 2 aromatic rings. The van der Waals surface area contributed by atoms with Crippen molar-refractivity contribution < 1.29 is 14.6 Å². The van der Waals surface area contributed by atoms with Crippen LogP contribution >= 0.6 is 0 Å². The van der Waals surface area contributed by atoms with Crippen LogP contribution in [0.15, 0.2) is 70.4 Å². The predicted molar refractivity (Wildman–Crippen MR) is 117 cm³/mol. The van der Waals surface area contributed by atoms with Crippen LogP contribution in [0.5, 0.6) is 5.75 Å². The van der Waals surface area contributed by atoms with Crippen molar-refractivity contribution in [1.82, 2.24) is 10.3 Å². The Morgan fingerprint density at radius 3 is 2.83 bits per heavy atom. The van der Waals surface area contributed by atoms with Gasteiger partial charge in [-0.15, -0.1) is 0 Å². The third-order valence-corrected chi connectivity index (χ3v) is 4.68. The van der Waals surface area contributed by atoms with Crippen LogP contribution in [0.2, 0.25) is 0 Å². The van der Waals surface area contributed by atoms with E-state index >= 15 is 0 Å². The number of aromatic nitrogens is 1. The minimum Gasteiger partial charge on any atom is -0.497 e. The summed E-state index contributed by atoms with van der Waals surface area (Å²) in [5.41, 5.74) is 4.07. The van der Waals surface area contributed by atoms with Crippen molar-refractivity contribution in [2.24, 2.45) is 15.9 Å². The number of nitrogens with one attached hydrogen (secondary N) is 1. The van der Waals surface area contributed by atoms with E-state index in [1.807, 2.05) is 54.6 Å². The second kappa shape index (κ2) is 8.57. The first-order valence-corrected chi connectivity index (χ1v) is 9.43. The Hall–Kier alpha value is -4.00. The molecule has 0 saturated carbocycles. The Bertz CT molecular complexity index is 1110. The van der Waals surface area contributed by atoms with Crippen LogP contribution in [0.4, 0.5) is 0 Å². The third-order valence-electron chi connectivity index (χ3n) is 4.68. The van der Waals surface area contributed by atoms with E-state index in [-0.39, 0.29) is 0 Å². The maximum atomic E-state index is 11.6. The number of aliphatic carboxylic acids is 1. The highest BCUT2D eigenvalue weighted by Gasteiger charge is 2.18. The Morgan fingerprint density at radius 2 is 2.07 bits per heavy atom. The summed E-state index contributed by atoms with van der Waals surface area (Å²) in [5.74, 6) is -0.826. The zero-order valence-corrected chi connectivity index (χ0v) is 16.3. The average Bonchev–Trinajstić information content (AvgIpc) is 3.10. The van der Waals surface area contributed by atoms with Crippen molar-refractivity contribution in [2.75, 3.05) is 7.11 Å². The number of fused-ring (bicyclic) bond motifs is 1. The normalized spacial score (nSPS) is 17.6. The molecule has 2 heterocycles. The van der Waals surface area contributed by atoms with Crippen LogP contribution in [0, 0.1) is 5.92 Å². The number of benzene rings is 1. The summed E-state index contributed by atoms with van der Waals surface area (Å²) >= 11 is 0. The molecule has 30 heavy (non-hydrogen) atoms. The molecule has 0 radical (unpaired) electrons. The quantitative estimate of drug-likeness (QED) is 0.817. The van der Waals surface area contributed by atoms with Gasteiger partial charge in [0.2, 0.25) is 5.96 Å². The van der Waals surface area contributed by atoms with E-state index in [9.17, 15) is 9.90 Å². The van der Waals surface area contributed by atoms with E-state index in [1.165, 1.54) is 6.21 Å². The van der Waals surface area contributed by atoms with Crippen molar-refractivity contribution in [3.05, 3.63) is 77.3 Å². The first kappa shape index (κ1) is 19.3. The number of rotatable bonds is 4. The summed E-state index contributed by atoms with van der Waals surface area (Å²) in [6, 6.07) is 11.2. The molecule has 2 aliphatic rings. The van der Waals surface area contributed by atoms with E-state index < -0.39 is 11.9 Å². The number of nitrogens with zero attached hydrogens (tertiary/aromatic N) is 3. The number of hydrogen-bond donors (Lipinski definition) is 2. The van der Waals surface area contributed by atoms with Gasteiger partial charge in [-0.05, 0) is 48.6 Å². The smallest absolute Gasteiger partial charge is 0.315 e. The number of carbonyl (C=O) groups is 1. The summed E-state index contributed by atoms with van der Waals surface area (Å²) in [6.07, 6.45) is 11.4. The van der Waals surface area contributed by atoms with E-state index in [0.29, 0.717) is 23.8 Å². The lowest BCUT2D eigenvalue weighted by Gasteiger charge is -2.09. The second-order valence-corrected chi connectivity index (χ2v) is 6.74. The van der Waals surface area contributed by atoms with Crippen LogP contribution in [-0.2, 0) is 4.79 Å². The number of allylic oxidation sites excluding steroid dienone is 1. The number of guanidine groups is 1. The molecular weight excluding hydrogens is 380 g/mol. The predicted octanol–water partition coefficient (Wildman–Crippen LogP) is 3.62. The van der Waals surface area contributed by atoms with Gasteiger partial charge in [0, 0.05) is 35.7 Å². The van der Waals surface area contributed by atoms with Crippen LogP contribution < -0.4 is 10.1 Å². The number of carboxylic acid groups (broad SMARTS) is 1. The summed E-state index contributed by atoms with van der Waals surface area (Å²) in [7, 11) is 1.59. The topological polar surface area (TPSA) is 96.2 Å². The molecule has 7 nitrogen and oxygen atoms in total. The van der Waals surface area contributed by atoms with Crippen LogP contribution in [0.3, 0.4) is 0 Å². The molecule has 1 atom stereocenters. The molecule has 0 saturated heterocycles. The highest BCUT2D eigenvalue weighted by molar-refractivity contribution is 6.02. The molecule has 0 amide bonds. The summed E-state index contributed by atoms with van der Waals surface area (Å²) in [6.45, 7) is 0. The Morgan fingerprint density at radius 1 is 1.23 bits per heavy atom. The van der Waals surface area contributed by atoms with Crippen molar-refractivity contribution >= 4 is 36.0 Å². The monoisotopic (exact) mass is 400 g/mol. The van der Waals surface area contributed by atoms with Gasteiger partial charge in [-0.3, -0.25) is 9.78 Å². The van der Waals surface area contributed by atoms with E-state index in [4.69, 9.17) is 4.74 Å². The fourth-order valence-electron chi connectivity index (χ4n) is 3.13. The number of pyridine rings is 1. The minimum absolute atomic E-state index is 0.327. The van der Waals surface area contributed by atoms with Crippen molar-refractivity contribution in [1.29, 1.82) is 0 Å². The lowest BCUT2D eigenvalue weighted by Crippen LogP contribution is -2.21. The molecule has 2 N–H and O–H groups in total. The number of aliphatic imine (C=N–C) groups is 2. The molecule has 1 aliphatic carbocycles. The number of carboxylic acids is 1. The SMILES string of the molecule is COc1ccc(C2=CC(C(=O)O)C=NC(NC3=Cc4cccnc4C=CC3)=N2)cc1. The largest absolute Gasteiger partial charge is 0.497 e. The van der Waals surface area contributed by atoms with Gasteiger partial charge in [0.25, 0.3) is 0 Å². The molecule has 4 rings (SSSR count). The third kappa shape index (κ3) is 4.35. The summed E-state index contributed by atoms with van der Waals surface area (Å²) < 4.78 is 5.20. The highest BCUT2D eigenvalue weighted by Crippen LogP contribution is 2.24. The Labute approximate surface area is 173 Å². The lowest BCUT2D eigenvalue weighted by molar-refractivity contribution is -0.137. The molecule has 7 heteroatoms. The van der Waals surface area contributed by atoms with Crippen molar-refractivity contribution in [2.45, 2.75) is 6.42 Å². The number of ether oxygens (including phenoxy) is 1. The molecule has 0 fully saturated rings. The molecule has 1 aromatic carbocycles. The van der Waals surface area contributed by atoms with Crippen LogP contribution in [0.1, 0.15) is 23.2 Å². The van der Waals surface area contributed by atoms with Gasteiger partial charge in [-0.25, -0.2) is 9.98 Å². The molecule has 0 spiro atoms. The molecular formula is C23H20N4O3. The molecule has 150 valence electrons. The van der Waals surface area contributed by atoms with Gasteiger partial charge in [0.1, 0.15) is 11.7 Å². The number of methoxy groups -OCH3 is 1. The maximum absolute atomic E-state index is 11.6. The minimum atomic E-state index is -0.988. The van der Waals surface area contributed by atoms with Crippen LogP contribution in [0.25, 0.3) is 17.8 Å². The van der Waals surface area contributed by atoms with Gasteiger partial charge in [0.05, 0.1) is 18.5 Å². The Kier molecular flexibility index (Phi) is 5.52.